The summed E-state index contributed by atoms with van der Waals surface area (Å²) in [5, 5.41) is 10.7. The molecule has 0 spiro atoms. The zero-order chi connectivity index (χ0) is 21.7. The number of aliphatic hydroxyl groups excluding tert-OH is 1. The fourth-order valence-electron chi connectivity index (χ4n) is 5.04. The summed E-state index contributed by atoms with van der Waals surface area (Å²) in [5.74, 6) is 2.62. The van der Waals surface area contributed by atoms with E-state index in [2.05, 4.69) is 0 Å². The van der Waals surface area contributed by atoms with Gasteiger partial charge in [0.15, 0.2) is 11.5 Å². The highest BCUT2D eigenvalue weighted by Crippen LogP contribution is 2.40. The molecule has 5 rings (SSSR count). The lowest BCUT2D eigenvalue weighted by atomic mass is 9.78. The van der Waals surface area contributed by atoms with Crippen LogP contribution < -0.4 is 19.8 Å². The van der Waals surface area contributed by atoms with E-state index in [1.54, 1.807) is 30.9 Å². The van der Waals surface area contributed by atoms with E-state index in [1.165, 1.54) is 6.07 Å². The fourth-order valence-corrected chi connectivity index (χ4v) is 5.04. The summed E-state index contributed by atoms with van der Waals surface area (Å²) in [6.07, 6.45) is 0.270. The number of ether oxygens (including phenoxy) is 3. The number of carbonyl (C=O) groups excluding carboxylic acids is 1. The van der Waals surface area contributed by atoms with E-state index in [0.29, 0.717) is 60.1 Å². The summed E-state index contributed by atoms with van der Waals surface area (Å²) in [5.41, 5.74) is 0.623. The standard InChI is InChI=1S/C23H25NO7/c1-12-5-21(26)30-13(2)22(12)23(27)24-9-14-6-17(25)19(7-15(14)10-24)31-16-3-4-18-20(8-16)29-11-28-18/h3-5,8,14-15,17,19,25H,6-7,9-11H2,1-2H3/t14-,15+,17+,19+/m0/s1. The Morgan fingerprint density at radius 2 is 1.84 bits per heavy atom. The van der Waals surface area contributed by atoms with Crippen LogP contribution in [-0.2, 0) is 0 Å². The van der Waals surface area contributed by atoms with Gasteiger partial charge >= 0.3 is 5.63 Å². The molecule has 0 bridgehead atoms. The first-order valence-corrected chi connectivity index (χ1v) is 10.5. The molecule has 1 amide bonds. The monoisotopic (exact) mass is 427 g/mol. The molecular weight excluding hydrogens is 402 g/mol. The molecule has 8 nitrogen and oxygen atoms in total. The second kappa shape index (κ2) is 7.60. The summed E-state index contributed by atoms with van der Waals surface area (Å²) >= 11 is 0. The highest BCUT2D eigenvalue weighted by Gasteiger charge is 2.44. The molecule has 8 heteroatoms. The van der Waals surface area contributed by atoms with Gasteiger partial charge < -0.3 is 28.6 Å². The van der Waals surface area contributed by atoms with Crippen molar-refractivity contribution in [3.05, 3.63) is 51.6 Å². The number of fused-ring (bicyclic) bond motifs is 2. The van der Waals surface area contributed by atoms with Gasteiger partial charge in [-0.25, -0.2) is 4.79 Å². The molecule has 1 N–H and O–H groups in total. The number of likely N-dealkylation sites (tertiary alicyclic amines) is 1. The van der Waals surface area contributed by atoms with Crippen LogP contribution in [0, 0.1) is 25.7 Å². The molecule has 1 aromatic carbocycles. The molecule has 2 aromatic rings. The van der Waals surface area contributed by atoms with E-state index in [9.17, 15) is 14.7 Å². The van der Waals surface area contributed by atoms with Gasteiger partial charge in [-0.05, 0) is 56.2 Å². The molecule has 1 saturated heterocycles. The van der Waals surface area contributed by atoms with Crippen molar-refractivity contribution in [2.45, 2.75) is 38.9 Å². The van der Waals surface area contributed by atoms with E-state index >= 15 is 0 Å². The molecule has 3 aliphatic rings. The number of aryl methyl sites for hydroxylation is 2. The van der Waals surface area contributed by atoms with E-state index < -0.39 is 11.7 Å². The first-order chi connectivity index (χ1) is 14.9. The SMILES string of the molecule is Cc1cc(=O)oc(C)c1C(=O)N1C[C@H]2C[C@@H](Oc3ccc4c(c3)OCO4)[C@H](O)C[C@H]2C1. The van der Waals surface area contributed by atoms with Gasteiger partial charge in [-0.3, -0.25) is 4.79 Å². The van der Waals surface area contributed by atoms with Gasteiger partial charge in [0.05, 0.1) is 11.7 Å². The number of hydrogen-bond acceptors (Lipinski definition) is 7. The average Bonchev–Trinajstić information content (AvgIpc) is 3.33. The Kier molecular flexibility index (Phi) is 4.89. The second-order valence-electron chi connectivity index (χ2n) is 8.62. The lowest BCUT2D eigenvalue weighted by Crippen LogP contribution is -2.42. The molecule has 0 unspecified atom stereocenters. The van der Waals surface area contributed by atoms with Crippen LogP contribution in [0.4, 0.5) is 0 Å². The van der Waals surface area contributed by atoms with Crippen LogP contribution in [0.25, 0.3) is 0 Å². The zero-order valence-electron chi connectivity index (χ0n) is 17.5. The van der Waals surface area contributed by atoms with Crippen LogP contribution in [0.15, 0.2) is 33.5 Å². The molecule has 3 heterocycles. The number of carbonyl (C=O) groups is 1. The third-order valence-corrected chi connectivity index (χ3v) is 6.55. The largest absolute Gasteiger partial charge is 0.488 e. The van der Waals surface area contributed by atoms with Crippen LogP contribution >= 0.6 is 0 Å². The fraction of sp³-hybridized carbons (Fsp3) is 0.478. The maximum absolute atomic E-state index is 13.2. The number of amides is 1. The lowest BCUT2D eigenvalue weighted by Gasteiger charge is -2.35. The van der Waals surface area contributed by atoms with Gasteiger partial charge in [0.25, 0.3) is 5.91 Å². The summed E-state index contributed by atoms with van der Waals surface area (Å²) in [4.78, 5) is 26.5. The van der Waals surface area contributed by atoms with Crippen molar-refractivity contribution in [3.63, 3.8) is 0 Å². The summed E-state index contributed by atoms with van der Waals surface area (Å²) in [7, 11) is 0. The smallest absolute Gasteiger partial charge is 0.336 e. The van der Waals surface area contributed by atoms with E-state index in [4.69, 9.17) is 18.6 Å². The van der Waals surface area contributed by atoms with Crippen molar-refractivity contribution in [2.24, 2.45) is 11.8 Å². The normalized spacial score (nSPS) is 26.6. The quantitative estimate of drug-likeness (QED) is 0.802. The average molecular weight is 427 g/mol. The maximum atomic E-state index is 13.2. The van der Waals surface area contributed by atoms with Crippen LogP contribution in [-0.4, -0.2) is 48.0 Å². The van der Waals surface area contributed by atoms with Crippen LogP contribution in [0.3, 0.4) is 0 Å². The molecule has 2 fully saturated rings. The van der Waals surface area contributed by atoms with Crippen LogP contribution in [0.2, 0.25) is 0 Å². The molecule has 0 radical (unpaired) electrons. The Labute approximate surface area is 179 Å². The van der Waals surface area contributed by atoms with E-state index in [1.807, 2.05) is 6.07 Å². The topological polar surface area (TPSA) is 98.4 Å². The van der Waals surface area contributed by atoms with Crippen molar-refractivity contribution < 1.29 is 28.5 Å². The number of hydrogen-bond donors (Lipinski definition) is 1. The minimum atomic E-state index is -0.611. The van der Waals surface area contributed by atoms with E-state index in [0.717, 1.165) is 0 Å². The first kappa shape index (κ1) is 19.9. The molecule has 1 saturated carbocycles. The predicted octanol–water partition coefficient (Wildman–Crippen LogP) is 2.28. The maximum Gasteiger partial charge on any atom is 0.336 e. The Balaban J connectivity index is 1.28. The third kappa shape index (κ3) is 3.65. The van der Waals surface area contributed by atoms with Gasteiger partial charge in [0.2, 0.25) is 6.79 Å². The van der Waals surface area contributed by atoms with Crippen molar-refractivity contribution >= 4 is 5.91 Å². The summed E-state index contributed by atoms with van der Waals surface area (Å²) < 4.78 is 22.0. The lowest BCUT2D eigenvalue weighted by molar-refractivity contribution is -0.0232. The number of benzene rings is 1. The molecular formula is C23H25NO7. The Morgan fingerprint density at radius 1 is 1.10 bits per heavy atom. The van der Waals surface area contributed by atoms with Gasteiger partial charge in [-0.15, -0.1) is 0 Å². The molecule has 1 aliphatic carbocycles. The Bertz CT molecular complexity index is 1050. The number of aliphatic hydroxyl groups is 1. The second-order valence-corrected chi connectivity index (χ2v) is 8.62. The summed E-state index contributed by atoms with van der Waals surface area (Å²) in [6, 6.07) is 6.74. The molecule has 31 heavy (non-hydrogen) atoms. The van der Waals surface area contributed by atoms with Crippen molar-refractivity contribution in [2.75, 3.05) is 19.9 Å². The van der Waals surface area contributed by atoms with E-state index in [-0.39, 0.29) is 30.6 Å². The minimum absolute atomic E-state index is 0.129. The molecule has 2 aliphatic heterocycles. The van der Waals surface area contributed by atoms with Crippen molar-refractivity contribution in [3.8, 4) is 17.2 Å². The molecule has 164 valence electrons. The highest BCUT2D eigenvalue weighted by atomic mass is 16.7. The Hall–Kier alpha value is -3.00. The number of rotatable bonds is 3. The highest BCUT2D eigenvalue weighted by molar-refractivity contribution is 5.96. The first-order valence-electron chi connectivity index (χ1n) is 10.5. The van der Waals surface area contributed by atoms with Crippen LogP contribution in [0.1, 0.15) is 34.5 Å². The van der Waals surface area contributed by atoms with Gasteiger partial charge in [0.1, 0.15) is 17.6 Å². The Morgan fingerprint density at radius 3 is 2.61 bits per heavy atom. The van der Waals surface area contributed by atoms with Gasteiger partial charge in [-0.1, -0.05) is 0 Å². The molecule has 1 aromatic heterocycles. The predicted molar refractivity (Wildman–Crippen MR) is 110 cm³/mol. The molecule has 4 atom stereocenters. The van der Waals surface area contributed by atoms with Gasteiger partial charge in [0, 0.05) is 25.2 Å². The number of nitrogens with zero attached hydrogens (tertiary/aromatic N) is 1. The van der Waals surface area contributed by atoms with Crippen LogP contribution in [0.5, 0.6) is 17.2 Å². The minimum Gasteiger partial charge on any atom is -0.488 e. The third-order valence-electron chi connectivity index (χ3n) is 6.55. The zero-order valence-corrected chi connectivity index (χ0v) is 17.5. The van der Waals surface area contributed by atoms with Gasteiger partial charge in [-0.2, -0.15) is 0 Å². The van der Waals surface area contributed by atoms with Crippen molar-refractivity contribution in [1.82, 2.24) is 4.90 Å². The summed E-state index contributed by atoms with van der Waals surface area (Å²) in [6.45, 7) is 4.76. The van der Waals surface area contributed by atoms with Crippen molar-refractivity contribution in [1.29, 1.82) is 0 Å².